The molecule has 25 heavy (non-hydrogen) atoms. The molecular formula is C19H17ClN2O3. The van der Waals surface area contributed by atoms with Gasteiger partial charge >= 0.3 is 0 Å². The summed E-state index contributed by atoms with van der Waals surface area (Å²) in [4.78, 5) is 24.6. The van der Waals surface area contributed by atoms with Gasteiger partial charge in [-0.25, -0.2) is 0 Å². The standard InChI is InChI=1S/C19H17ClN2O3/c1-11-18(21-12(2)23)16-10-15(25-3)8-9-17(16)22(11)19(24)13-4-6-14(20)7-5-13/h4-10H,1-3H3,(H,21,23). The van der Waals surface area contributed by atoms with Crippen LogP contribution >= 0.6 is 11.6 Å². The van der Waals surface area contributed by atoms with Crippen molar-refractivity contribution >= 4 is 40.0 Å². The maximum absolute atomic E-state index is 13.0. The Morgan fingerprint density at radius 2 is 1.80 bits per heavy atom. The van der Waals surface area contributed by atoms with E-state index in [9.17, 15) is 9.59 Å². The molecule has 0 radical (unpaired) electrons. The summed E-state index contributed by atoms with van der Waals surface area (Å²) in [5, 5.41) is 4.12. The lowest BCUT2D eigenvalue weighted by Crippen LogP contribution is -2.14. The van der Waals surface area contributed by atoms with E-state index in [0.29, 0.717) is 33.2 Å². The summed E-state index contributed by atoms with van der Waals surface area (Å²) >= 11 is 5.90. The first-order valence-corrected chi connectivity index (χ1v) is 8.07. The van der Waals surface area contributed by atoms with Crippen LogP contribution in [0, 0.1) is 6.92 Å². The number of halogens is 1. The van der Waals surface area contributed by atoms with E-state index in [1.807, 2.05) is 0 Å². The lowest BCUT2D eigenvalue weighted by atomic mass is 10.2. The van der Waals surface area contributed by atoms with Crippen LogP contribution < -0.4 is 10.1 Å². The molecule has 128 valence electrons. The Kier molecular flexibility index (Phi) is 4.51. The van der Waals surface area contributed by atoms with Crippen LogP contribution in [0.4, 0.5) is 5.69 Å². The molecule has 3 aromatic rings. The molecule has 1 heterocycles. The van der Waals surface area contributed by atoms with Gasteiger partial charge < -0.3 is 10.1 Å². The number of amides is 1. The Morgan fingerprint density at radius 3 is 2.40 bits per heavy atom. The number of carbonyl (C=O) groups excluding carboxylic acids is 2. The Labute approximate surface area is 150 Å². The molecule has 0 saturated heterocycles. The normalized spacial score (nSPS) is 10.7. The van der Waals surface area contributed by atoms with E-state index in [-0.39, 0.29) is 11.8 Å². The smallest absolute Gasteiger partial charge is 0.262 e. The first kappa shape index (κ1) is 17.0. The molecule has 0 bridgehead atoms. The zero-order valence-electron chi connectivity index (χ0n) is 14.1. The van der Waals surface area contributed by atoms with E-state index < -0.39 is 0 Å². The van der Waals surface area contributed by atoms with E-state index in [0.717, 1.165) is 5.39 Å². The molecule has 0 spiro atoms. The summed E-state index contributed by atoms with van der Waals surface area (Å²) in [7, 11) is 1.57. The van der Waals surface area contributed by atoms with E-state index in [4.69, 9.17) is 16.3 Å². The number of hydrogen-bond donors (Lipinski definition) is 1. The Balaban J connectivity index is 2.23. The maximum atomic E-state index is 13.0. The van der Waals surface area contributed by atoms with Crippen molar-refractivity contribution < 1.29 is 14.3 Å². The minimum Gasteiger partial charge on any atom is -0.497 e. The average Bonchev–Trinajstić information content (AvgIpc) is 2.86. The summed E-state index contributed by atoms with van der Waals surface area (Å²) in [5.74, 6) is 0.250. The quantitative estimate of drug-likeness (QED) is 0.762. The second kappa shape index (κ2) is 6.61. The molecule has 0 saturated carbocycles. The van der Waals surface area contributed by atoms with Crippen molar-refractivity contribution in [2.75, 3.05) is 12.4 Å². The van der Waals surface area contributed by atoms with Crippen LogP contribution in [-0.2, 0) is 4.79 Å². The zero-order valence-corrected chi connectivity index (χ0v) is 14.8. The number of nitrogens with zero attached hydrogens (tertiary/aromatic N) is 1. The number of ether oxygens (including phenoxy) is 1. The molecule has 0 aliphatic heterocycles. The second-order valence-electron chi connectivity index (χ2n) is 5.67. The average molecular weight is 357 g/mol. The molecule has 0 atom stereocenters. The number of fused-ring (bicyclic) bond motifs is 1. The Bertz CT molecular complexity index is 974. The molecule has 1 N–H and O–H groups in total. The van der Waals surface area contributed by atoms with Crippen molar-refractivity contribution in [1.29, 1.82) is 0 Å². The van der Waals surface area contributed by atoms with Crippen LogP contribution in [0.2, 0.25) is 5.02 Å². The van der Waals surface area contributed by atoms with E-state index in [1.165, 1.54) is 6.92 Å². The van der Waals surface area contributed by atoms with Gasteiger partial charge in [0.15, 0.2) is 0 Å². The van der Waals surface area contributed by atoms with Gasteiger partial charge in [0.25, 0.3) is 5.91 Å². The van der Waals surface area contributed by atoms with Crippen molar-refractivity contribution in [1.82, 2.24) is 4.57 Å². The van der Waals surface area contributed by atoms with E-state index in [1.54, 1.807) is 61.1 Å². The SMILES string of the molecule is COc1ccc2c(c1)c(NC(C)=O)c(C)n2C(=O)c1ccc(Cl)cc1. The fraction of sp³-hybridized carbons (Fsp3) is 0.158. The Hall–Kier alpha value is -2.79. The summed E-state index contributed by atoms with van der Waals surface area (Å²) in [6, 6.07) is 12.1. The second-order valence-corrected chi connectivity index (χ2v) is 6.11. The predicted molar refractivity (Wildman–Crippen MR) is 98.7 cm³/mol. The summed E-state index contributed by atoms with van der Waals surface area (Å²) in [6.07, 6.45) is 0. The fourth-order valence-corrected chi connectivity index (χ4v) is 2.97. The van der Waals surface area contributed by atoms with Crippen LogP contribution in [0.25, 0.3) is 10.9 Å². The number of benzene rings is 2. The third-order valence-corrected chi connectivity index (χ3v) is 4.26. The van der Waals surface area contributed by atoms with Gasteiger partial charge in [0.1, 0.15) is 5.75 Å². The molecule has 0 aliphatic carbocycles. The van der Waals surface area contributed by atoms with Crippen molar-refractivity contribution in [3.05, 3.63) is 58.7 Å². The third-order valence-electron chi connectivity index (χ3n) is 4.01. The van der Waals surface area contributed by atoms with Crippen LogP contribution in [0.5, 0.6) is 5.75 Å². The topological polar surface area (TPSA) is 60.3 Å². The van der Waals surface area contributed by atoms with E-state index >= 15 is 0 Å². The largest absolute Gasteiger partial charge is 0.497 e. The lowest BCUT2D eigenvalue weighted by molar-refractivity contribution is -0.114. The lowest BCUT2D eigenvalue weighted by Gasteiger charge is -2.08. The number of rotatable bonds is 3. The van der Waals surface area contributed by atoms with Gasteiger partial charge in [-0.05, 0) is 49.4 Å². The molecule has 0 aliphatic rings. The predicted octanol–water partition coefficient (Wildman–Crippen LogP) is 4.26. The van der Waals surface area contributed by atoms with Gasteiger partial charge in [-0.1, -0.05) is 11.6 Å². The maximum Gasteiger partial charge on any atom is 0.262 e. The van der Waals surface area contributed by atoms with Crippen molar-refractivity contribution in [3.63, 3.8) is 0 Å². The van der Waals surface area contributed by atoms with Gasteiger partial charge in [0, 0.05) is 28.6 Å². The number of methoxy groups -OCH3 is 1. The molecule has 1 amide bonds. The molecule has 1 aromatic heterocycles. The highest BCUT2D eigenvalue weighted by Gasteiger charge is 2.21. The minimum absolute atomic E-state index is 0.194. The van der Waals surface area contributed by atoms with Crippen LogP contribution in [0.1, 0.15) is 23.0 Å². The van der Waals surface area contributed by atoms with Crippen LogP contribution in [0.15, 0.2) is 42.5 Å². The van der Waals surface area contributed by atoms with Crippen LogP contribution in [0.3, 0.4) is 0 Å². The van der Waals surface area contributed by atoms with Gasteiger partial charge in [-0.2, -0.15) is 0 Å². The molecule has 6 heteroatoms. The van der Waals surface area contributed by atoms with Crippen molar-refractivity contribution in [2.24, 2.45) is 0 Å². The first-order valence-electron chi connectivity index (χ1n) is 7.69. The van der Waals surface area contributed by atoms with Crippen LogP contribution in [-0.4, -0.2) is 23.5 Å². The van der Waals surface area contributed by atoms with Gasteiger partial charge in [0.05, 0.1) is 18.3 Å². The van der Waals surface area contributed by atoms with Gasteiger partial charge in [0.2, 0.25) is 5.91 Å². The number of nitrogens with one attached hydrogen (secondary N) is 1. The molecule has 0 unspecified atom stereocenters. The number of carbonyl (C=O) groups is 2. The number of anilines is 1. The third kappa shape index (κ3) is 3.10. The van der Waals surface area contributed by atoms with E-state index in [2.05, 4.69) is 5.32 Å². The number of hydrogen-bond acceptors (Lipinski definition) is 3. The molecule has 3 rings (SSSR count). The highest BCUT2D eigenvalue weighted by atomic mass is 35.5. The van der Waals surface area contributed by atoms with Gasteiger partial charge in [-0.3, -0.25) is 14.2 Å². The fourth-order valence-electron chi connectivity index (χ4n) is 2.84. The molecule has 2 aromatic carbocycles. The first-order chi connectivity index (χ1) is 11.9. The summed E-state index contributed by atoms with van der Waals surface area (Å²) < 4.78 is 6.85. The van der Waals surface area contributed by atoms with Crippen molar-refractivity contribution in [2.45, 2.75) is 13.8 Å². The zero-order chi connectivity index (χ0) is 18.1. The highest BCUT2D eigenvalue weighted by Crippen LogP contribution is 2.34. The minimum atomic E-state index is -0.205. The van der Waals surface area contributed by atoms with Gasteiger partial charge in [-0.15, -0.1) is 0 Å². The molecule has 0 fully saturated rings. The molecular weight excluding hydrogens is 340 g/mol. The molecule has 5 nitrogen and oxygen atoms in total. The highest BCUT2D eigenvalue weighted by molar-refractivity contribution is 6.30. The summed E-state index contributed by atoms with van der Waals surface area (Å²) in [6.45, 7) is 3.23. The van der Waals surface area contributed by atoms with Crippen molar-refractivity contribution in [3.8, 4) is 5.75 Å². The summed E-state index contributed by atoms with van der Waals surface area (Å²) in [5.41, 5.74) is 2.46. The monoisotopic (exact) mass is 356 g/mol. The Morgan fingerprint density at radius 1 is 1.12 bits per heavy atom. The number of aromatic nitrogens is 1.